The molecule has 0 spiro atoms. The topological polar surface area (TPSA) is 72.0 Å². The summed E-state index contributed by atoms with van der Waals surface area (Å²) in [6.45, 7) is 1.58. The molecule has 0 radical (unpaired) electrons. The van der Waals surface area contributed by atoms with Crippen molar-refractivity contribution in [3.8, 4) is 0 Å². The molecule has 5 heteroatoms. The van der Waals surface area contributed by atoms with E-state index in [1.807, 2.05) is 0 Å². The van der Waals surface area contributed by atoms with Crippen molar-refractivity contribution in [2.24, 2.45) is 0 Å². The Bertz CT molecular complexity index is 277. The Labute approximate surface area is 69.0 Å². The van der Waals surface area contributed by atoms with Gasteiger partial charge in [-0.3, -0.25) is 0 Å². The van der Waals surface area contributed by atoms with Crippen LogP contribution in [-0.4, -0.2) is 15.3 Å². The van der Waals surface area contributed by atoms with Crippen molar-refractivity contribution in [3.05, 3.63) is 16.3 Å². The van der Waals surface area contributed by atoms with Gasteiger partial charge in [0.15, 0.2) is 5.15 Å². The third kappa shape index (κ3) is 1.41. The van der Waals surface area contributed by atoms with Crippen molar-refractivity contribution in [3.63, 3.8) is 0 Å². The molecule has 0 saturated carbocycles. The highest BCUT2D eigenvalue weighted by atomic mass is 35.5. The first-order chi connectivity index (χ1) is 5.16. The monoisotopic (exact) mass is 173 g/mol. The summed E-state index contributed by atoms with van der Waals surface area (Å²) in [4.78, 5) is 0. The van der Waals surface area contributed by atoms with Gasteiger partial charge in [0.1, 0.15) is 5.82 Å². The predicted molar refractivity (Wildman–Crippen MR) is 42.1 cm³/mol. The second-order valence-electron chi connectivity index (χ2n) is 2.14. The molecule has 1 aromatic rings. The first-order valence-electron chi connectivity index (χ1n) is 3.04. The number of hydrogen-bond acceptors (Lipinski definition) is 4. The average molecular weight is 174 g/mol. The summed E-state index contributed by atoms with van der Waals surface area (Å²) >= 11 is 5.61. The zero-order chi connectivity index (χ0) is 8.43. The van der Waals surface area contributed by atoms with Crippen molar-refractivity contribution in [1.82, 2.24) is 10.2 Å². The van der Waals surface area contributed by atoms with E-state index in [0.717, 1.165) is 0 Å². The lowest BCUT2D eigenvalue weighted by Gasteiger charge is -2.04. The molecule has 0 aliphatic rings. The van der Waals surface area contributed by atoms with E-state index in [1.165, 1.54) is 0 Å². The molecule has 0 aliphatic carbocycles. The maximum absolute atomic E-state index is 8.82. The van der Waals surface area contributed by atoms with Gasteiger partial charge in [0.05, 0.1) is 6.61 Å². The SMILES string of the molecule is Cc1c(N)nnc(Cl)c1CO. The van der Waals surface area contributed by atoms with Crippen molar-refractivity contribution in [1.29, 1.82) is 0 Å². The van der Waals surface area contributed by atoms with Crippen LogP contribution in [0.2, 0.25) is 5.15 Å². The highest BCUT2D eigenvalue weighted by Gasteiger charge is 2.07. The van der Waals surface area contributed by atoms with Crippen molar-refractivity contribution < 1.29 is 5.11 Å². The number of nitrogens with zero attached hydrogens (tertiary/aromatic N) is 2. The molecular formula is C6H8ClN3O. The summed E-state index contributed by atoms with van der Waals surface area (Å²) in [5.41, 5.74) is 6.65. The van der Waals surface area contributed by atoms with E-state index in [1.54, 1.807) is 6.92 Å². The minimum atomic E-state index is -0.162. The Morgan fingerprint density at radius 2 is 2.18 bits per heavy atom. The normalized spacial score (nSPS) is 10.1. The fourth-order valence-corrected chi connectivity index (χ4v) is 0.966. The molecule has 11 heavy (non-hydrogen) atoms. The molecule has 0 unspecified atom stereocenters. The fraction of sp³-hybridized carbons (Fsp3) is 0.333. The second kappa shape index (κ2) is 3.02. The van der Waals surface area contributed by atoms with E-state index >= 15 is 0 Å². The van der Waals surface area contributed by atoms with E-state index in [2.05, 4.69) is 10.2 Å². The molecular weight excluding hydrogens is 166 g/mol. The largest absolute Gasteiger partial charge is 0.392 e. The smallest absolute Gasteiger partial charge is 0.157 e. The third-order valence-electron chi connectivity index (χ3n) is 1.49. The quantitative estimate of drug-likeness (QED) is 0.649. The van der Waals surface area contributed by atoms with E-state index in [9.17, 15) is 0 Å². The van der Waals surface area contributed by atoms with Gasteiger partial charge < -0.3 is 10.8 Å². The minimum absolute atomic E-state index is 0.162. The lowest BCUT2D eigenvalue weighted by Crippen LogP contribution is -2.02. The van der Waals surface area contributed by atoms with Crippen LogP contribution in [0.5, 0.6) is 0 Å². The minimum Gasteiger partial charge on any atom is -0.392 e. The lowest BCUT2D eigenvalue weighted by molar-refractivity contribution is 0.280. The number of nitrogen functional groups attached to an aromatic ring is 1. The van der Waals surface area contributed by atoms with Gasteiger partial charge in [-0.15, -0.1) is 10.2 Å². The van der Waals surface area contributed by atoms with E-state index < -0.39 is 0 Å². The Balaban J connectivity index is 3.29. The summed E-state index contributed by atoms with van der Waals surface area (Å²) in [5.74, 6) is 0.304. The van der Waals surface area contributed by atoms with Crippen molar-refractivity contribution in [2.75, 3.05) is 5.73 Å². The van der Waals surface area contributed by atoms with Crippen LogP contribution in [0.3, 0.4) is 0 Å². The van der Waals surface area contributed by atoms with Gasteiger partial charge in [0.2, 0.25) is 0 Å². The molecule has 3 N–H and O–H groups in total. The summed E-state index contributed by atoms with van der Waals surface area (Å²) in [6, 6.07) is 0. The van der Waals surface area contributed by atoms with Crippen molar-refractivity contribution in [2.45, 2.75) is 13.5 Å². The van der Waals surface area contributed by atoms with E-state index in [4.69, 9.17) is 22.4 Å². The number of aliphatic hydroxyl groups excluding tert-OH is 1. The van der Waals surface area contributed by atoms with Crippen LogP contribution in [0.25, 0.3) is 0 Å². The van der Waals surface area contributed by atoms with Gasteiger partial charge >= 0.3 is 0 Å². The Morgan fingerprint density at radius 3 is 2.64 bits per heavy atom. The molecule has 1 aromatic heterocycles. The second-order valence-corrected chi connectivity index (χ2v) is 2.50. The maximum Gasteiger partial charge on any atom is 0.157 e. The number of halogens is 1. The first-order valence-corrected chi connectivity index (χ1v) is 3.42. The Hall–Kier alpha value is -0.870. The molecule has 4 nitrogen and oxygen atoms in total. The summed E-state index contributed by atoms with van der Waals surface area (Å²) in [7, 11) is 0. The van der Waals surface area contributed by atoms with Gasteiger partial charge in [0.25, 0.3) is 0 Å². The summed E-state index contributed by atoms with van der Waals surface area (Å²) in [5, 5.41) is 16.1. The molecule has 0 atom stereocenters. The zero-order valence-electron chi connectivity index (χ0n) is 6.00. The van der Waals surface area contributed by atoms with Gasteiger partial charge in [-0.1, -0.05) is 11.6 Å². The standard InChI is InChI=1S/C6H8ClN3O/c1-3-4(2-11)5(7)9-10-6(3)8/h11H,2H2,1H3,(H2,8,10). The average Bonchev–Trinajstić information content (AvgIpc) is 1.99. The van der Waals surface area contributed by atoms with Crippen LogP contribution in [0.15, 0.2) is 0 Å². The van der Waals surface area contributed by atoms with Gasteiger partial charge in [-0.05, 0) is 6.92 Å². The molecule has 1 rings (SSSR count). The molecule has 0 fully saturated rings. The van der Waals surface area contributed by atoms with E-state index in [-0.39, 0.29) is 11.8 Å². The molecule has 0 bridgehead atoms. The van der Waals surface area contributed by atoms with Crippen LogP contribution in [0.1, 0.15) is 11.1 Å². The third-order valence-corrected chi connectivity index (χ3v) is 1.79. The van der Waals surface area contributed by atoms with Gasteiger partial charge in [0, 0.05) is 11.1 Å². The molecule has 0 saturated heterocycles. The number of anilines is 1. The van der Waals surface area contributed by atoms with Crippen molar-refractivity contribution >= 4 is 17.4 Å². The molecule has 1 heterocycles. The highest BCUT2D eigenvalue weighted by Crippen LogP contribution is 2.19. The van der Waals surface area contributed by atoms with Crippen LogP contribution >= 0.6 is 11.6 Å². The molecule has 60 valence electrons. The lowest BCUT2D eigenvalue weighted by atomic mass is 10.2. The molecule has 0 aromatic carbocycles. The van der Waals surface area contributed by atoms with Crippen LogP contribution in [0.4, 0.5) is 5.82 Å². The van der Waals surface area contributed by atoms with Gasteiger partial charge in [-0.25, -0.2) is 0 Å². The fourth-order valence-electron chi connectivity index (χ4n) is 0.726. The predicted octanol–water partition coefficient (Wildman–Crippen LogP) is 0.513. The number of nitrogens with two attached hydrogens (primary N) is 1. The zero-order valence-corrected chi connectivity index (χ0v) is 6.76. The Kier molecular flexibility index (Phi) is 2.26. The first kappa shape index (κ1) is 8.23. The highest BCUT2D eigenvalue weighted by molar-refractivity contribution is 6.30. The molecule has 0 aliphatic heterocycles. The number of hydrogen-bond donors (Lipinski definition) is 2. The Morgan fingerprint density at radius 1 is 1.55 bits per heavy atom. The number of aliphatic hydroxyl groups is 1. The van der Waals surface area contributed by atoms with E-state index in [0.29, 0.717) is 16.9 Å². The van der Waals surface area contributed by atoms with Gasteiger partial charge in [-0.2, -0.15) is 0 Å². The summed E-state index contributed by atoms with van der Waals surface area (Å²) < 4.78 is 0. The van der Waals surface area contributed by atoms with Crippen LogP contribution < -0.4 is 5.73 Å². The summed E-state index contributed by atoms with van der Waals surface area (Å²) in [6.07, 6.45) is 0. The van der Waals surface area contributed by atoms with Crippen LogP contribution in [0, 0.1) is 6.92 Å². The van der Waals surface area contributed by atoms with Crippen LogP contribution in [-0.2, 0) is 6.61 Å². The number of rotatable bonds is 1. The number of aromatic nitrogens is 2. The maximum atomic E-state index is 8.82. The molecule has 0 amide bonds.